The minimum Gasteiger partial charge on any atom is -0.350 e. The van der Waals surface area contributed by atoms with Gasteiger partial charge in [-0.15, -0.1) is 0 Å². The molecule has 0 radical (unpaired) electrons. The monoisotopic (exact) mass is 186 g/mol. The van der Waals surface area contributed by atoms with E-state index < -0.39 is 0 Å². The van der Waals surface area contributed by atoms with Crippen molar-refractivity contribution in [1.82, 2.24) is 5.32 Å². The van der Waals surface area contributed by atoms with Crippen LogP contribution in [-0.2, 0) is 4.79 Å². The van der Waals surface area contributed by atoms with Crippen LogP contribution < -0.4 is 11.1 Å². The number of rotatable bonds is 5. The van der Waals surface area contributed by atoms with Crippen molar-refractivity contribution < 1.29 is 4.79 Å². The molecular weight excluding hydrogens is 164 g/mol. The van der Waals surface area contributed by atoms with Gasteiger partial charge in [-0.3, -0.25) is 4.79 Å². The van der Waals surface area contributed by atoms with Gasteiger partial charge in [0.05, 0.1) is 6.04 Å². The molecule has 13 heavy (non-hydrogen) atoms. The van der Waals surface area contributed by atoms with Crippen molar-refractivity contribution in [3.63, 3.8) is 0 Å². The highest BCUT2D eigenvalue weighted by atomic mass is 16.2. The van der Waals surface area contributed by atoms with Crippen LogP contribution in [0.1, 0.15) is 47.0 Å². The third-order valence-electron chi connectivity index (χ3n) is 2.28. The second-order valence-corrected chi connectivity index (χ2v) is 4.12. The van der Waals surface area contributed by atoms with Gasteiger partial charge in [0.1, 0.15) is 0 Å². The van der Waals surface area contributed by atoms with Gasteiger partial charge in [-0.25, -0.2) is 0 Å². The van der Waals surface area contributed by atoms with Crippen molar-refractivity contribution in [3.8, 4) is 0 Å². The first-order valence-electron chi connectivity index (χ1n) is 5.00. The number of nitrogens with one attached hydrogen (secondary N) is 1. The highest BCUT2D eigenvalue weighted by Gasteiger charge is 2.21. The summed E-state index contributed by atoms with van der Waals surface area (Å²) >= 11 is 0. The van der Waals surface area contributed by atoms with Gasteiger partial charge in [-0.2, -0.15) is 0 Å². The number of hydrogen-bond acceptors (Lipinski definition) is 2. The zero-order chi connectivity index (χ0) is 10.5. The van der Waals surface area contributed by atoms with E-state index in [-0.39, 0.29) is 17.5 Å². The first-order chi connectivity index (χ1) is 5.93. The SMILES string of the molecule is CCCC(N)C(=O)NC(C)(C)CC. The molecule has 1 atom stereocenters. The van der Waals surface area contributed by atoms with E-state index in [9.17, 15) is 4.79 Å². The van der Waals surface area contributed by atoms with E-state index in [1.54, 1.807) is 0 Å². The molecule has 0 aliphatic carbocycles. The summed E-state index contributed by atoms with van der Waals surface area (Å²) in [5.41, 5.74) is 5.54. The van der Waals surface area contributed by atoms with Crippen molar-refractivity contribution in [2.45, 2.75) is 58.5 Å². The fraction of sp³-hybridized carbons (Fsp3) is 0.900. The third kappa shape index (κ3) is 4.88. The Morgan fingerprint density at radius 3 is 2.38 bits per heavy atom. The van der Waals surface area contributed by atoms with Gasteiger partial charge in [-0.05, 0) is 26.7 Å². The van der Waals surface area contributed by atoms with Crippen molar-refractivity contribution >= 4 is 5.91 Å². The van der Waals surface area contributed by atoms with Crippen LogP contribution in [0.5, 0.6) is 0 Å². The Hall–Kier alpha value is -0.570. The van der Waals surface area contributed by atoms with E-state index in [1.807, 2.05) is 27.7 Å². The van der Waals surface area contributed by atoms with Crippen LogP contribution in [0.25, 0.3) is 0 Å². The van der Waals surface area contributed by atoms with Crippen molar-refractivity contribution in [3.05, 3.63) is 0 Å². The highest BCUT2D eigenvalue weighted by Crippen LogP contribution is 2.07. The van der Waals surface area contributed by atoms with Crippen LogP contribution in [0.2, 0.25) is 0 Å². The molecule has 0 aromatic rings. The van der Waals surface area contributed by atoms with Crippen LogP contribution in [0.3, 0.4) is 0 Å². The van der Waals surface area contributed by atoms with Gasteiger partial charge in [0.15, 0.2) is 0 Å². The van der Waals surface area contributed by atoms with Crippen molar-refractivity contribution in [2.75, 3.05) is 0 Å². The third-order valence-corrected chi connectivity index (χ3v) is 2.28. The average Bonchev–Trinajstić information content (AvgIpc) is 2.04. The van der Waals surface area contributed by atoms with Crippen LogP contribution >= 0.6 is 0 Å². The summed E-state index contributed by atoms with van der Waals surface area (Å²) in [4.78, 5) is 11.5. The molecule has 0 bridgehead atoms. The average molecular weight is 186 g/mol. The summed E-state index contributed by atoms with van der Waals surface area (Å²) in [6.07, 6.45) is 2.62. The molecular formula is C10H22N2O. The zero-order valence-electron chi connectivity index (χ0n) is 9.18. The van der Waals surface area contributed by atoms with Crippen LogP contribution in [0.15, 0.2) is 0 Å². The minimum absolute atomic E-state index is 0.0336. The molecule has 0 aliphatic rings. The smallest absolute Gasteiger partial charge is 0.237 e. The minimum atomic E-state index is -0.351. The lowest BCUT2D eigenvalue weighted by atomic mass is 10.0. The van der Waals surface area contributed by atoms with Crippen LogP contribution in [0.4, 0.5) is 0 Å². The molecule has 0 heterocycles. The van der Waals surface area contributed by atoms with Gasteiger partial charge in [0.25, 0.3) is 0 Å². The number of hydrogen-bond donors (Lipinski definition) is 2. The summed E-state index contributed by atoms with van der Waals surface area (Å²) in [7, 11) is 0. The summed E-state index contributed by atoms with van der Waals surface area (Å²) in [6, 6.07) is -0.351. The summed E-state index contributed by atoms with van der Waals surface area (Å²) in [6.45, 7) is 8.08. The predicted molar refractivity (Wildman–Crippen MR) is 55.4 cm³/mol. The topological polar surface area (TPSA) is 55.1 Å². The molecule has 0 rings (SSSR count). The maximum Gasteiger partial charge on any atom is 0.237 e. The van der Waals surface area contributed by atoms with Gasteiger partial charge >= 0.3 is 0 Å². The molecule has 3 nitrogen and oxygen atoms in total. The molecule has 0 aliphatic heterocycles. The van der Waals surface area contributed by atoms with Gasteiger partial charge in [0.2, 0.25) is 5.91 Å². The second kappa shape index (κ2) is 5.22. The quantitative estimate of drug-likeness (QED) is 0.682. The molecule has 1 amide bonds. The Balaban J connectivity index is 3.99. The van der Waals surface area contributed by atoms with E-state index in [0.717, 1.165) is 19.3 Å². The molecule has 78 valence electrons. The van der Waals surface area contributed by atoms with E-state index in [4.69, 9.17) is 5.73 Å². The lowest BCUT2D eigenvalue weighted by molar-refractivity contribution is -0.124. The second-order valence-electron chi connectivity index (χ2n) is 4.12. The van der Waals surface area contributed by atoms with Gasteiger partial charge in [-0.1, -0.05) is 20.3 Å². The molecule has 3 heteroatoms. The molecule has 0 saturated carbocycles. The van der Waals surface area contributed by atoms with Crippen molar-refractivity contribution in [1.29, 1.82) is 0 Å². The zero-order valence-corrected chi connectivity index (χ0v) is 9.18. The summed E-state index contributed by atoms with van der Waals surface area (Å²) < 4.78 is 0. The maximum absolute atomic E-state index is 11.5. The molecule has 0 spiro atoms. The largest absolute Gasteiger partial charge is 0.350 e. The number of amides is 1. The van der Waals surface area contributed by atoms with E-state index in [1.165, 1.54) is 0 Å². The molecule has 1 unspecified atom stereocenters. The fourth-order valence-corrected chi connectivity index (χ4v) is 0.957. The number of carbonyl (C=O) groups excluding carboxylic acids is 1. The Morgan fingerprint density at radius 2 is 2.00 bits per heavy atom. The van der Waals surface area contributed by atoms with Gasteiger partial charge < -0.3 is 11.1 Å². The number of carbonyl (C=O) groups is 1. The first-order valence-corrected chi connectivity index (χ1v) is 5.00. The molecule has 0 aromatic carbocycles. The Labute approximate surface area is 81.1 Å². The Morgan fingerprint density at radius 1 is 1.46 bits per heavy atom. The standard InChI is InChI=1S/C10H22N2O/c1-5-7-8(11)9(13)12-10(3,4)6-2/h8H,5-7,11H2,1-4H3,(H,12,13). The van der Waals surface area contributed by atoms with Crippen molar-refractivity contribution in [2.24, 2.45) is 5.73 Å². The van der Waals surface area contributed by atoms with E-state index in [2.05, 4.69) is 5.32 Å². The molecule has 3 N–H and O–H groups in total. The molecule has 0 saturated heterocycles. The lowest BCUT2D eigenvalue weighted by Gasteiger charge is -2.26. The maximum atomic E-state index is 11.5. The summed E-state index contributed by atoms with van der Waals surface area (Å²) in [5, 5.41) is 2.93. The molecule has 0 aromatic heterocycles. The number of nitrogens with two attached hydrogens (primary N) is 1. The molecule has 0 fully saturated rings. The van der Waals surface area contributed by atoms with Crippen LogP contribution in [-0.4, -0.2) is 17.5 Å². The predicted octanol–water partition coefficient (Wildman–Crippen LogP) is 1.42. The van der Waals surface area contributed by atoms with E-state index in [0.29, 0.717) is 0 Å². The van der Waals surface area contributed by atoms with Crippen LogP contribution in [0, 0.1) is 0 Å². The fourth-order valence-electron chi connectivity index (χ4n) is 0.957. The Bertz CT molecular complexity index is 166. The lowest BCUT2D eigenvalue weighted by Crippen LogP contribution is -2.50. The normalized spacial score (nSPS) is 13.9. The van der Waals surface area contributed by atoms with Gasteiger partial charge in [0, 0.05) is 5.54 Å². The Kier molecular flexibility index (Phi) is 4.99. The highest BCUT2D eigenvalue weighted by molar-refractivity contribution is 5.82. The van der Waals surface area contributed by atoms with E-state index >= 15 is 0 Å². The summed E-state index contributed by atoms with van der Waals surface area (Å²) in [5.74, 6) is -0.0336. The first kappa shape index (κ1) is 12.4.